The van der Waals surface area contributed by atoms with E-state index >= 15 is 0 Å². The zero-order valence-electron chi connectivity index (χ0n) is 13.4. The zero-order valence-corrected chi connectivity index (χ0v) is 15.6. The van der Waals surface area contributed by atoms with E-state index in [2.05, 4.69) is 51.8 Å². The van der Waals surface area contributed by atoms with E-state index in [4.69, 9.17) is 0 Å². The number of benzene rings is 2. The molecule has 2 aromatic rings. The highest BCUT2D eigenvalue weighted by Gasteiger charge is 2.20. The molecule has 1 heterocycles. The van der Waals surface area contributed by atoms with Gasteiger partial charge in [-0.15, -0.1) is 0 Å². The molecule has 3 nitrogen and oxygen atoms in total. The number of carbonyl (C=O) groups is 1. The van der Waals surface area contributed by atoms with Gasteiger partial charge in [-0.3, -0.25) is 9.69 Å². The van der Waals surface area contributed by atoms with Crippen LogP contribution >= 0.6 is 22.6 Å². The first kappa shape index (κ1) is 17.4. The highest BCUT2D eigenvalue weighted by molar-refractivity contribution is 14.1. The number of hydrogen-bond acceptors (Lipinski definition) is 2. The molecule has 126 valence electrons. The lowest BCUT2D eigenvalue weighted by Crippen LogP contribution is -2.35. The molecule has 1 aliphatic rings. The number of amides is 1. The van der Waals surface area contributed by atoms with Gasteiger partial charge in [-0.1, -0.05) is 12.1 Å². The Hall–Kier alpha value is -1.47. The summed E-state index contributed by atoms with van der Waals surface area (Å²) >= 11 is 2.33. The number of hydrogen-bond donors (Lipinski definition) is 0. The van der Waals surface area contributed by atoms with Gasteiger partial charge in [-0.25, -0.2) is 4.39 Å². The maximum atomic E-state index is 13.0. The normalized spacial score (nSPS) is 16.0. The number of nitrogens with zero attached hydrogens (tertiary/aromatic N) is 2. The van der Waals surface area contributed by atoms with Crippen LogP contribution in [0.4, 0.5) is 4.39 Å². The second-order valence-electron chi connectivity index (χ2n) is 6.06. The fourth-order valence-electron chi connectivity index (χ4n) is 3.00. The molecular formula is C19H20FIN2O. The summed E-state index contributed by atoms with van der Waals surface area (Å²) in [6, 6.07) is 14.3. The Labute approximate surface area is 155 Å². The monoisotopic (exact) mass is 438 g/mol. The number of rotatable bonds is 3. The van der Waals surface area contributed by atoms with Crippen molar-refractivity contribution in [2.24, 2.45) is 0 Å². The summed E-state index contributed by atoms with van der Waals surface area (Å²) in [4.78, 5) is 16.8. The van der Waals surface area contributed by atoms with Crippen LogP contribution in [0.2, 0.25) is 0 Å². The topological polar surface area (TPSA) is 23.6 Å². The van der Waals surface area contributed by atoms with Crippen molar-refractivity contribution in [3.63, 3.8) is 0 Å². The zero-order chi connectivity index (χ0) is 16.9. The lowest BCUT2D eigenvalue weighted by Gasteiger charge is -2.22. The molecule has 0 unspecified atom stereocenters. The van der Waals surface area contributed by atoms with Gasteiger partial charge < -0.3 is 4.90 Å². The van der Waals surface area contributed by atoms with Gasteiger partial charge in [-0.2, -0.15) is 0 Å². The summed E-state index contributed by atoms with van der Waals surface area (Å²) in [5.41, 5.74) is 1.86. The van der Waals surface area contributed by atoms with E-state index in [1.54, 1.807) is 12.1 Å². The molecule has 5 heteroatoms. The molecule has 0 radical (unpaired) electrons. The van der Waals surface area contributed by atoms with E-state index in [0.29, 0.717) is 12.1 Å². The molecule has 0 saturated carbocycles. The van der Waals surface area contributed by atoms with Crippen LogP contribution in [0.3, 0.4) is 0 Å². The van der Waals surface area contributed by atoms with Crippen LogP contribution < -0.4 is 0 Å². The maximum absolute atomic E-state index is 13.0. The van der Waals surface area contributed by atoms with Crippen molar-refractivity contribution in [2.75, 3.05) is 26.2 Å². The van der Waals surface area contributed by atoms with Gasteiger partial charge in [0.2, 0.25) is 0 Å². The van der Waals surface area contributed by atoms with Gasteiger partial charge >= 0.3 is 0 Å². The second kappa shape index (κ2) is 8.07. The summed E-state index contributed by atoms with van der Waals surface area (Å²) in [6.45, 7) is 4.21. The minimum Gasteiger partial charge on any atom is -0.337 e. The molecule has 0 N–H and O–H groups in total. The van der Waals surface area contributed by atoms with Gasteiger partial charge in [0, 0.05) is 41.9 Å². The standard InChI is InChI=1S/C19H20FIN2O/c20-17-7-5-16(6-8-17)19(24)23-10-2-9-22(11-12-23)14-15-3-1-4-18(21)13-15/h1,3-8,13H,2,9-12,14H2. The predicted molar refractivity (Wildman–Crippen MR) is 101 cm³/mol. The molecule has 1 fully saturated rings. The van der Waals surface area contributed by atoms with Crippen molar-refractivity contribution < 1.29 is 9.18 Å². The first-order chi connectivity index (χ1) is 11.6. The summed E-state index contributed by atoms with van der Waals surface area (Å²) in [7, 11) is 0. The number of halogens is 2. The van der Waals surface area contributed by atoms with Gasteiger partial charge in [0.15, 0.2) is 0 Å². The average Bonchev–Trinajstić information content (AvgIpc) is 2.81. The van der Waals surface area contributed by atoms with Crippen LogP contribution in [0.5, 0.6) is 0 Å². The van der Waals surface area contributed by atoms with Gasteiger partial charge in [0.1, 0.15) is 5.82 Å². The molecule has 0 atom stereocenters. The molecule has 0 bridgehead atoms. The summed E-state index contributed by atoms with van der Waals surface area (Å²) in [5.74, 6) is -0.322. The van der Waals surface area contributed by atoms with Gasteiger partial charge in [-0.05, 0) is 71.0 Å². The SMILES string of the molecule is O=C(c1ccc(F)cc1)N1CCCN(Cc2cccc(I)c2)CC1. The highest BCUT2D eigenvalue weighted by atomic mass is 127. The molecule has 3 rings (SSSR count). The second-order valence-corrected chi connectivity index (χ2v) is 7.30. The van der Waals surface area contributed by atoms with E-state index in [-0.39, 0.29) is 11.7 Å². The molecule has 0 aliphatic carbocycles. The Kier molecular flexibility index (Phi) is 5.84. The Bertz CT molecular complexity index is 705. The van der Waals surface area contributed by atoms with Crippen molar-refractivity contribution in [2.45, 2.75) is 13.0 Å². The predicted octanol–water partition coefficient (Wildman–Crippen LogP) is 3.78. The summed E-state index contributed by atoms with van der Waals surface area (Å²) < 4.78 is 14.3. The minimum absolute atomic E-state index is 0.00823. The molecule has 1 aliphatic heterocycles. The third-order valence-corrected chi connectivity index (χ3v) is 4.93. The molecule has 1 amide bonds. The third-order valence-electron chi connectivity index (χ3n) is 4.26. The van der Waals surface area contributed by atoms with E-state index in [1.807, 2.05) is 4.90 Å². The Balaban J connectivity index is 1.60. The van der Waals surface area contributed by atoms with E-state index in [1.165, 1.54) is 21.3 Å². The van der Waals surface area contributed by atoms with Crippen molar-refractivity contribution in [1.29, 1.82) is 0 Å². The minimum atomic E-state index is -0.314. The van der Waals surface area contributed by atoms with Crippen LogP contribution in [0.1, 0.15) is 22.3 Å². The van der Waals surface area contributed by atoms with Crippen LogP contribution in [0.25, 0.3) is 0 Å². The van der Waals surface area contributed by atoms with Gasteiger partial charge in [0.05, 0.1) is 0 Å². The molecular weight excluding hydrogens is 418 g/mol. The first-order valence-corrected chi connectivity index (χ1v) is 9.21. The molecule has 24 heavy (non-hydrogen) atoms. The molecule has 2 aromatic carbocycles. The molecule has 1 saturated heterocycles. The van der Waals surface area contributed by atoms with Crippen molar-refractivity contribution in [3.05, 3.63) is 69.0 Å². The quantitative estimate of drug-likeness (QED) is 0.682. The largest absolute Gasteiger partial charge is 0.337 e. The fraction of sp³-hybridized carbons (Fsp3) is 0.316. The summed E-state index contributed by atoms with van der Waals surface area (Å²) in [6.07, 6.45) is 0.955. The average molecular weight is 438 g/mol. The lowest BCUT2D eigenvalue weighted by molar-refractivity contribution is 0.0761. The third kappa shape index (κ3) is 4.54. The lowest BCUT2D eigenvalue weighted by atomic mass is 10.2. The smallest absolute Gasteiger partial charge is 0.253 e. The van der Waals surface area contributed by atoms with Crippen molar-refractivity contribution in [1.82, 2.24) is 9.80 Å². The van der Waals surface area contributed by atoms with E-state index in [0.717, 1.165) is 32.6 Å². The first-order valence-electron chi connectivity index (χ1n) is 8.13. The van der Waals surface area contributed by atoms with Crippen LogP contribution in [-0.2, 0) is 6.54 Å². The van der Waals surface area contributed by atoms with Crippen molar-refractivity contribution in [3.8, 4) is 0 Å². The van der Waals surface area contributed by atoms with Crippen LogP contribution in [0, 0.1) is 9.39 Å². The maximum Gasteiger partial charge on any atom is 0.253 e. The Morgan fingerprint density at radius 3 is 2.58 bits per heavy atom. The summed E-state index contributed by atoms with van der Waals surface area (Å²) in [5, 5.41) is 0. The molecule has 0 spiro atoms. The fourth-order valence-corrected chi connectivity index (χ4v) is 3.61. The molecule has 0 aromatic heterocycles. The van der Waals surface area contributed by atoms with Crippen LogP contribution in [-0.4, -0.2) is 41.9 Å². The Morgan fingerprint density at radius 2 is 1.83 bits per heavy atom. The van der Waals surface area contributed by atoms with Crippen molar-refractivity contribution >= 4 is 28.5 Å². The van der Waals surface area contributed by atoms with E-state index in [9.17, 15) is 9.18 Å². The van der Waals surface area contributed by atoms with Crippen LogP contribution in [0.15, 0.2) is 48.5 Å². The Morgan fingerprint density at radius 1 is 1.04 bits per heavy atom. The van der Waals surface area contributed by atoms with Gasteiger partial charge in [0.25, 0.3) is 5.91 Å². The number of carbonyl (C=O) groups excluding carboxylic acids is 1. The highest BCUT2D eigenvalue weighted by Crippen LogP contribution is 2.14. The van der Waals surface area contributed by atoms with E-state index < -0.39 is 0 Å².